The Hall–Kier alpha value is -1.63. The summed E-state index contributed by atoms with van der Waals surface area (Å²) in [6, 6.07) is 3.93. The van der Waals surface area contributed by atoms with Crippen molar-refractivity contribution < 1.29 is 9.25 Å². The first-order chi connectivity index (χ1) is 10.8. The van der Waals surface area contributed by atoms with Gasteiger partial charge in [0.2, 0.25) is 0 Å². The largest absolute Gasteiger partial charge is 0.463 e. The SMILES string of the molecule is c1cc2cc(NN3C[C@]4(CC5CCC4CC5)ON3)ncc2o1. The van der Waals surface area contributed by atoms with Crippen molar-refractivity contribution in [3.63, 3.8) is 0 Å². The summed E-state index contributed by atoms with van der Waals surface area (Å²) in [5, 5.41) is 2.97. The van der Waals surface area contributed by atoms with Crippen LogP contribution in [0, 0.1) is 11.8 Å². The molecule has 2 N–H and O–H groups in total. The summed E-state index contributed by atoms with van der Waals surface area (Å²) in [5.74, 6) is 2.32. The molecule has 3 heterocycles. The Morgan fingerprint density at radius 3 is 3.05 bits per heavy atom. The van der Waals surface area contributed by atoms with Gasteiger partial charge in [0.05, 0.1) is 19.0 Å². The summed E-state index contributed by atoms with van der Waals surface area (Å²) >= 11 is 0. The highest BCUT2D eigenvalue weighted by molar-refractivity contribution is 5.78. The summed E-state index contributed by atoms with van der Waals surface area (Å²) in [6.45, 7) is 0.860. The number of hydrazine groups is 2. The highest BCUT2D eigenvalue weighted by Gasteiger charge is 2.53. The van der Waals surface area contributed by atoms with Crippen molar-refractivity contribution in [3.05, 3.63) is 24.6 Å². The monoisotopic (exact) mass is 300 g/mol. The molecular formula is C16H20N4O2. The van der Waals surface area contributed by atoms with E-state index >= 15 is 0 Å². The van der Waals surface area contributed by atoms with E-state index < -0.39 is 0 Å². The third-order valence-corrected chi connectivity index (χ3v) is 5.60. The average molecular weight is 300 g/mol. The lowest BCUT2D eigenvalue weighted by Gasteiger charge is -2.47. The molecule has 3 aliphatic carbocycles. The molecule has 0 radical (unpaired) electrons. The Labute approximate surface area is 128 Å². The van der Waals surface area contributed by atoms with Crippen LogP contribution in [-0.2, 0) is 4.84 Å². The molecule has 116 valence electrons. The number of hydrogen-bond donors (Lipinski definition) is 2. The Balaban J connectivity index is 1.33. The van der Waals surface area contributed by atoms with Crippen LogP contribution < -0.4 is 11.0 Å². The second kappa shape index (κ2) is 4.68. The molecule has 6 rings (SSSR count). The minimum absolute atomic E-state index is 0.0199. The van der Waals surface area contributed by atoms with E-state index in [1.807, 2.05) is 17.3 Å². The fraction of sp³-hybridized carbons (Fsp3) is 0.562. The van der Waals surface area contributed by atoms with Crippen molar-refractivity contribution in [1.29, 1.82) is 0 Å². The molecule has 1 saturated heterocycles. The van der Waals surface area contributed by atoms with Gasteiger partial charge in [0.15, 0.2) is 5.58 Å². The number of pyridine rings is 1. The zero-order chi connectivity index (χ0) is 14.6. The maximum absolute atomic E-state index is 6.04. The maximum atomic E-state index is 6.04. The Bertz CT molecular complexity index is 694. The first-order valence-electron chi connectivity index (χ1n) is 8.12. The van der Waals surface area contributed by atoms with Gasteiger partial charge in [0, 0.05) is 5.39 Å². The predicted octanol–water partition coefficient (Wildman–Crippen LogP) is 2.86. The topological polar surface area (TPSA) is 62.6 Å². The first kappa shape index (κ1) is 12.9. The summed E-state index contributed by atoms with van der Waals surface area (Å²) in [7, 11) is 0. The molecule has 2 aromatic heterocycles. The van der Waals surface area contributed by atoms with Gasteiger partial charge in [0.25, 0.3) is 0 Å². The number of furan rings is 1. The normalized spacial score (nSPS) is 34.7. The van der Waals surface area contributed by atoms with Gasteiger partial charge in [-0.2, -0.15) is 0 Å². The number of nitrogens with one attached hydrogen (secondary N) is 2. The van der Waals surface area contributed by atoms with Gasteiger partial charge >= 0.3 is 0 Å². The molecule has 0 aromatic carbocycles. The number of aromatic nitrogens is 1. The maximum Gasteiger partial charge on any atom is 0.152 e. The van der Waals surface area contributed by atoms with E-state index in [1.54, 1.807) is 12.5 Å². The van der Waals surface area contributed by atoms with E-state index in [1.165, 1.54) is 32.1 Å². The Morgan fingerprint density at radius 2 is 2.23 bits per heavy atom. The molecule has 0 amide bonds. The second-order valence-corrected chi connectivity index (χ2v) is 6.91. The minimum atomic E-state index is -0.0199. The van der Waals surface area contributed by atoms with E-state index in [9.17, 15) is 0 Å². The molecule has 6 nitrogen and oxygen atoms in total. The molecule has 2 bridgehead atoms. The van der Waals surface area contributed by atoms with Crippen molar-refractivity contribution in [2.45, 2.75) is 37.7 Å². The number of anilines is 1. The van der Waals surface area contributed by atoms with Gasteiger partial charge < -0.3 is 4.42 Å². The molecule has 22 heavy (non-hydrogen) atoms. The summed E-state index contributed by atoms with van der Waals surface area (Å²) in [5.41, 5.74) is 7.13. The fourth-order valence-corrected chi connectivity index (χ4v) is 4.47. The van der Waals surface area contributed by atoms with Crippen LogP contribution in [0.4, 0.5) is 5.82 Å². The molecule has 1 atom stereocenters. The van der Waals surface area contributed by atoms with Gasteiger partial charge in [-0.05, 0) is 56.1 Å². The van der Waals surface area contributed by atoms with Crippen LogP contribution in [0.25, 0.3) is 11.0 Å². The number of rotatable bonds is 2. The lowest BCUT2D eigenvalue weighted by molar-refractivity contribution is -0.146. The first-order valence-corrected chi connectivity index (χ1v) is 8.12. The summed E-state index contributed by atoms with van der Waals surface area (Å²) in [6.07, 6.45) is 9.97. The molecule has 6 heteroatoms. The van der Waals surface area contributed by atoms with Gasteiger partial charge in [-0.15, -0.1) is 10.7 Å². The van der Waals surface area contributed by atoms with Crippen molar-refractivity contribution in [1.82, 2.24) is 15.7 Å². The van der Waals surface area contributed by atoms with Crippen molar-refractivity contribution in [2.75, 3.05) is 12.0 Å². The van der Waals surface area contributed by atoms with Crippen molar-refractivity contribution in [2.24, 2.45) is 11.8 Å². The van der Waals surface area contributed by atoms with E-state index in [0.29, 0.717) is 5.92 Å². The van der Waals surface area contributed by atoms with Crippen LogP contribution in [0.1, 0.15) is 32.1 Å². The van der Waals surface area contributed by atoms with Crippen molar-refractivity contribution >= 4 is 16.8 Å². The predicted molar refractivity (Wildman–Crippen MR) is 81.4 cm³/mol. The van der Waals surface area contributed by atoms with Crippen LogP contribution in [0.2, 0.25) is 0 Å². The van der Waals surface area contributed by atoms with Gasteiger partial charge in [-0.25, -0.2) is 4.98 Å². The molecule has 4 aliphatic rings. The average Bonchev–Trinajstić information content (AvgIpc) is 3.16. The molecule has 1 aliphatic heterocycles. The third kappa shape index (κ3) is 1.95. The molecule has 1 spiro atoms. The van der Waals surface area contributed by atoms with E-state index in [2.05, 4.69) is 16.0 Å². The van der Waals surface area contributed by atoms with Crippen LogP contribution in [0.5, 0.6) is 0 Å². The van der Waals surface area contributed by atoms with Gasteiger partial charge in [-0.1, -0.05) is 0 Å². The fourth-order valence-electron chi connectivity index (χ4n) is 4.47. The van der Waals surface area contributed by atoms with Gasteiger partial charge in [0.1, 0.15) is 11.4 Å². The standard InChI is InChI=1S/C16H20N4O2/c1-3-13-4-2-11(1)8-16(13)10-20(19-22-16)18-15-7-12-5-6-21-14(12)9-17-15/h5-7,9,11,13,19H,1-4,8,10H2,(H,17,18)/t11?,13?,16-/m0/s1. The number of fused-ring (bicyclic) bond motifs is 3. The summed E-state index contributed by atoms with van der Waals surface area (Å²) in [4.78, 5) is 10.4. The molecule has 3 saturated carbocycles. The van der Waals surface area contributed by atoms with Crippen LogP contribution in [-0.4, -0.2) is 22.2 Å². The highest BCUT2D eigenvalue weighted by Crippen LogP contribution is 2.50. The lowest BCUT2D eigenvalue weighted by atomic mass is 9.62. The van der Waals surface area contributed by atoms with Crippen LogP contribution >= 0.6 is 0 Å². The zero-order valence-electron chi connectivity index (χ0n) is 12.4. The zero-order valence-corrected chi connectivity index (χ0v) is 12.4. The van der Waals surface area contributed by atoms with E-state index in [-0.39, 0.29) is 5.60 Å². The molecule has 0 unspecified atom stereocenters. The molecule has 4 fully saturated rings. The lowest BCUT2D eigenvalue weighted by Crippen LogP contribution is -2.50. The smallest absolute Gasteiger partial charge is 0.152 e. The van der Waals surface area contributed by atoms with Crippen LogP contribution in [0.3, 0.4) is 0 Å². The number of nitrogens with zero attached hydrogens (tertiary/aromatic N) is 2. The number of hydrogen-bond acceptors (Lipinski definition) is 6. The molecule has 2 aromatic rings. The second-order valence-electron chi connectivity index (χ2n) is 6.91. The summed E-state index contributed by atoms with van der Waals surface area (Å²) < 4.78 is 5.32. The van der Waals surface area contributed by atoms with E-state index in [4.69, 9.17) is 9.25 Å². The van der Waals surface area contributed by atoms with Crippen LogP contribution in [0.15, 0.2) is 29.0 Å². The highest BCUT2D eigenvalue weighted by atomic mass is 16.7. The Kier molecular flexibility index (Phi) is 2.74. The Morgan fingerprint density at radius 1 is 1.32 bits per heavy atom. The minimum Gasteiger partial charge on any atom is -0.463 e. The van der Waals surface area contributed by atoms with Crippen molar-refractivity contribution in [3.8, 4) is 0 Å². The third-order valence-electron chi connectivity index (χ3n) is 5.60. The van der Waals surface area contributed by atoms with Gasteiger partial charge in [-0.3, -0.25) is 10.3 Å². The quantitative estimate of drug-likeness (QED) is 0.889. The van der Waals surface area contributed by atoms with E-state index in [0.717, 1.165) is 29.2 Å². The molecular weight excluding hydrogens is 280 g/mol.